The van der Waals surface area contributed by atoms with Gasteiger partial charge in [-0.15, -0.1) is 0 Å². The third kappa shape index (κ3) is 3.57. The van der Waals surface area contributed by atoms with Gasteiger partial charge in [0.2, 0.25) is 11.7 Å². The first-order valence-electron chi connectivity index (χ1n) is 10.6. The van der Waals surface area contributed by atoms with Gasteiger partial charge in [-0.25, -0.2) is 4.90 Å². The van der Waals surface area contributed by atoms with E-state index in [4.69, 9.17) is 11.6 Å². The summed E-state index contributed by atoms with van der Waals surface area (Å²) in [6.45, 7) is 1.70. The zero-order valence-electron chi connectivity index (χ0n) is 18.3. The Balaban J connectivity index is 1.63. The number of amides is 2. The van der Waals surface area contributed by atoms with Gasteiger partial charge in [0.1, 0.15) is 17.7 Å². The van der Waals surface area contributed by atoms with Gasteiger partial charge in [0.05, 0.1) is 16.3 Å². The number of halogens is 1. The Morgan fingerprint density at radius 2 is 1.66 bits per heavy atom. The molecule has 1 fully saturated rings. The number of nitro benzene ring substituents is 1. The van der Waals surface area contributed by atoms with Crippen molar-refractivity contribution >= 4 is 52.0 Å². The molecule has 0 N–H and O–H groups in total. The van der Waals surface area contributed by atoms with Crippen LogP contribution in [0.15, 0.2) is 77.9 Å². The molecule has 2 amide bonds. The van der Waals surface area contributed by atoms with Gasteiger partial charge in [-0.1, -0.05) is 48.0 Å². The van der Waals surface area contributed by atoms with E-state index in [9.17, 15) is 24.5 Å². The summed E-state index contributed by atoms with van der Waals surface area (Å²) in [5.41, 5.74) is 1.34. The summed E-state index contributed by atoms with van der Waals surface area (Å²) in [5.74, 6) is -2.78. The van der Waals surface area contributed by atoms with E-state index in [2.05, 4.69) is 5.10 Å². The first-order chi connectivity index (χ1) is 16.8. The standard InChI is InChI=1S/C25H17ClN4O5/c1-14-18(26)8-5-9-19(14)28-24(32)20-21(23(31)15-6-3-2-4-7-15)27-29(22(20)25(28)33)16-10-12-17(13-11-16)30(34)35/h2-13,20,22H,1H3/t20-,22-/m1/s1. The van der Waals surface area contributed by atoms with Crippen LogP contribution in [0.1, 0.15) is 15.9 Å². The molecule has 3 aromatic carbocycles. The number of Topliss-reactive ketones (excluding diaryl/α,β-unsaturated/α-hetero) is 1. The fourth-order valence-corrected chi connectivity index (χ4v) is 4.53. The molecule has 2 aliphatic heterocycles. The summed E-state index contributed by atoms with van der Waals surface area (Å²) in [6, 6.07) is 17.5. The number of hydrazone groups is 1. The highest BCUT2D eigenvalue weighted by atomic mass is 35.5. The van der Waals surface area contributed by atoms with Crippen LogP contribution in [-0.4, -0.2) is 34.3 Å². The van der Waals surface area contributed by atoms with E-state index in [0.717, 1.165) is 4.90 Å². The maximum Gasteiger partial charge on any atom is 0.269 e. The summed E-state index contributed by atoms with van der Waals surface area (Å²) in [4.78, 5) is 52.2. The number of nitro groups is 1. The first-order valence-corrected chi connectivity index (χ1v) is 11.0. The molecular weight excluding hydrogens is 472 g/mol. The van der Waals surface area contributed by atoms with Crippen LogP contribution in [0.4, 0.5) is 17.1 Å². The number of carbonyl (C=O) groups is 3. The average Bonchev–Trinajstić information content (AvgIpc) is 3.38. The zero-order chi connectivity index (χ0) is 24.9. The van der Waals surface area contributed by atoms with Crippen LogP contribution in [0.3, 0.4) is 0 Å². The number of non-ortho nitro benzene ring substituents is 1. The Hall–Kier alpha value is -4.37. The highest BCUT2D eigenvalue weighted by molar-refractivity contribution is 6.53. The number of benzene rings is 3. The van der Waals surface area contributed by atoms with Gasteiger partial charge in [-0.3, -0.25) is 29.5 Å². The fraction of sp³-hybridized carbons (Fsp3) is 0.120. The van der Waals surface area contributed by atoms with Crippen molar-refractivity contribution in [3.8, 4) is 0 Å². The molecule has 35 heavy (non-hydrogen) atoms. The summed E-state index contributed by atoms with van der Waals surface area (Å²) in [5, 5.41) is 17.2. The molecular formula is C25H17ClN4O5. The van der Waals surface area contributed by atoms with Crippen molar-refractivity contribution in [2.75, 3.05) is 9.91 Å². The van der Waals surface area contributed by atoms with Crippen molar-refractivity contribution in [2.24, 2.45) is 11.0 Å². The number of nitrogens with zero attached hydrogens (tertiary/aromatic N) is 4. The SMILES string of the molecule is Cc1c(Cl)cccc1N1C(=O)[C@@H]2C(C(=O)c3ccccc3)=NN(c3ccc([N+](=O)[O-])cc3)[C@H]2C1=O. The highest BCUT2D eigenvalue weighted by Gasteiger charge is 2.58. The summed E-state index contributed by atoms with van der Waals surface area (Å²) in [6.07, 6.45) is 0. The smallest absolute Gasteiger partial charge is 0.269 e. The summed E-state index contributed by atoms with van der Waals surface area (Å²) < 4.78 is 0. The number of imide groups is 1. The first kappa shape index (κ1) is 22.4. The van der Waals surface area contributed by atoms with Crippen molar-refractivity contribution < 1.29 is 19.3 Å². The molecule has 10 heteroatoms. The van der Waals surface area contributed by atoms with Crippen molar-refractivity contribution in [2.45, 2.75) is 13.0 Å². The largest absolute Gasteiger partial charge is 0.287 e. The Morgan fingerprint density at radius 3 is 2.31 bits per heavy atom. The van der Waals surface area contributed by atoms with Gasteiger partial charge in [0.25, 0.3) is 11.6 Å². The second-order valence-corrected chi connectivity index (χ2v) is 8.52. The zero-order valence-corrected chi connectivity index (χ0v) is 19.0. The minimum Gasteiger partial charge on any atom is -0.287 e. The van der Waals surface area contributed by atoms with E-state index in [1.165, 1.54) is 29.3 Å². The molecule has 0 unspecified atom stereocenters. The predicted molar refractivity (Wildman–Crippen MR) is 130 cm³/mol. The number of fused-ring (bicyclic) bond motifs is 1. The molecule has 3 aromatic rings. The lowest BCUT2D eigenvalue weighted by molar-refractivity contribution is -0.384. The molecule has 2 atom stereocenters. The van der Waals surface area contributed by atoms with Crippen molar-refractivity contribution in [3.05, 3.63) is 99.1 Å². The van der Waals surface area contributed by atoms with Crippen LogP contribution >= 0.6 is 11.6 Å². The molecule has 0 aliphatic carbocycles. The van der Waals surface area contributed by atoms with Gasteiger partial charge in [0.15, 0.2) is 0 Å². The molecule has 0 spiro atoms. The van der Waals surface area contributed by atoms with E-state index in [-0.39, 0.29) is 11.4 Å². The molecule has 1 saturated heterocycles. The molecule has 2 heterocycles. The minimum atomic E-state index is -1.15. The van der Waals surface area contributed by atoms with Gasteiger partial charge < -0.3 is 0 Å². The normalized spacial score (nSPS) is 19.1. The molecule has 9 nitrogen and oxygen atoms in total. The molecule has 174 valence electrons. The lowest BCUT2D eigenvalue weighted by atomic mass is 9.92. The van der Waals surface area contributed by atoms with Gasteiger partial charge in [-0.2, -0.15) is 5.10 Å². The van der Waals surface area contributed by atoms with E-state index in [0.29, 0.717) is 27.5 Å². The maximum atomic E-state index is 13.7. The van der Waals surface area contributed by atoms with Crippen LogP contribution in [0, 0.1) is 23.0 Å². The second-order valence-electron chi connectivity index (χ2n) is 8.12. The number of carbonyl (C=O) groups excluding carboxylic acids is 3. The topological polar surface area (TPSA) is 113 Å². The van der Waals surface area contributed by atoms with Crippen LogP contribution in [0.25, 0.3) is 0 Å². The minimum absolute atomic E-state index is 0.0694. The van der Waals surface area contributed by atoms with Crippen LogP contribution in [0.5, 0.6) is 0 Å². The average molecular weight is 489 g/mol. The van der Waals surface area contributed by atoms with Crippen molar-refractivity contribution in [3.63, 3.8) is 0 Å². The number of rotatable bonds is 5. The van der Waals surface area contributed by atoms with Crippen LogP contribution < -0.4 is 9.91 Å². The number of ketones is 1. The van der Waals surface area contributed by atoms with E-state index in [1.807, 2.05) is 0 Å². The van der Waals surface area contributed by atoms with E-state index in [1.54, 1.807) is 55.5 Å². The number of hydrogen-bond donors (Lipinski definition) is 0. The van der Waals surface area contributed by atoms with Gasteiger partial charge >= 0.3 is 0 Å². The Labute approximate surface area is 204 Å². The third-order valence-corrected chi connectivity index (χ3v) is 6.53. The van der Waals surface area contributed by atoms with Crippen LogP contribution in [0.2, 0.25) is 5.02 Å². The fourth-order valence-electron chi connectivity index (χ4n) is 4.36. The molecule has 0 aromatic heterocycles. The molecule has 0 radical (unpaired) electrons. The monoisotopic (exact) mass is 488 g/mol. The lowest BCUT2D eigenvalue weighted by Crippen LogP contribution is -2.39. The molecule has 2 aliphatic rings. The second kappa shape index (κ2) is 8.44. The summed E-state index contributed by atoms with van der Waals surface area (Å²) in [7, 11) is 0. The third-order valence-electron chi connectivity index (χ3n) is 6.12. The van der Waals surface area contributed by atoms with Crippen LogP contribution in [-0.2, 0) is 9.59 Å². The molecule has 0 bridgehead atoms. The van der Waals surface area contributed by atoms with Crippen molar-refractivity contribution in [1.29, 1.82) is 0 Å². The number of anilines is 2. The molecule has 5 rings (SSSR count). The van der Waals surface area contributed by atoms with Crippen molar-refractivity contribution in [1.82, 2.24) is 0 Å². The lowest BCUT2D eigenvalue weighted by Gasteiger charge is -2.23. The predicted octanol–water partition coefficient (Wildman–Crippen LogP) is 4.17. The Morgan fingerprint density at radius 1 is 0.971 bits per heavy atom. The van der Waals surface area contributed by atoms with E-state index < -0.39 is 34.5 Å². The van der Waals surface area contributed by atoms with Gasteiger partial charge in [-0.05, 0) is 36.8 Å². The van der Waals surface area contributed by atoms with E-state index >= 15 is 0 Å². The quantitative estimate of drug-likeness (QED) is 0.230. The van der Waals surface area contributed by atoms with Gasteiger partial charge in [0, 0.05) is 22.7 Å². The Bertz CT molecular complexity index is 1420. The molecule has 0 saturated carbocycles. The maximum absolute atomic E-state index is 13.7. The Kier molecular flexibility index (Phi) is 5.41. The summed E-state index contributed by atoms with van der Waals surface area (Å²) >= 11 is 6.24. The highest BCUT2D eigenvalue weighted by Crippen LogP contribution is 2.40. The number of hydrogen-bond acceptors (Lipinski definition) is 7.